The van der Waals surface area contributed by atoms with Gasteiger partial charge in [-0.1, -0.05) is 0 Å². The number of nitrogens with two attached hydrogens (primary N) is 1. The fourth-order valence-electron chi connectivity index (χ4n) is 1.44. The summed E-state index contributed by atoms with van der Waals surface area (Å²) in [5.41, 5.74) is 7.52. The number of hydrogen-bond donors (Lipinski definition) is 1. The SMILES string of the molecule is NC(Cc1scnc1C1CC1)C(F)(F)F. The molecule has 84 valence electrons. The molecule has 0 spiro atoms. The van der Waals surface area contributed by atoms with Crippen LogP contribution in [0.15, 0.2) is 5.51 Å². The molecule has 15 heavy (non-hydrogen) atoms. The minimum Gasteiger partial charge on any atom is -0.320 e. The molecule has 0 aromatic carbocycles. The highest BCUT2D eigenvalue weighted by molar-refractivity contribution is 7.09. The summed E-state index contributed by atoms with van der Waals surface area (Å²) in [5.74, 6) is 0.381. The summed E-state index contributed by atoms with van der Waals surface area (Å²) in [6.07, 6.45) is -2.37. The average Bonchev–Trinajstić information content (AvgIpc) is 2.86. The van der Waals surface area contributed by atoms with Crippen molar-refractivity contribution < 1.29 is 13.2 Å². The second kappa shape index (κ2) is 3.75. The molecule has 1 aliphatic carbocycles. The molecule has 0 radical (unpaired) electrons. The maximum absolute atomic E-state index is 12.2. The Bertz CT molecular complexity index is 343. The second-order valence-corrected chi connectivity index (χ2v) is 4.73. The summed E-state index contributed by atoms with van der Waals surface area (Å²) in [7, 11) is 0. The highest BCUT2D eigenvalue weighted by atomic mass is 32.1. The van der Waals surface area contributed by atoms with E-state index in [-0.39, 0.29) is 6.42 Å². The van der Waals surface area contributed by atoms with E-state index in [0.29, 0.717) is 10.8 Å². The van der Waals surface area contributed by atoms with Gasteiger partial charge >= 0.3 is 6.18 Å². The molecule has 0 saturated heterocycles. The zero-order valence-corrected chi connectivity index (χ0v) is 8.74. The van der Waals surface area contributed by atoms with Crippen molar-refractivity contribution in [3.63, 3.8) is 0 Å². The zero-order chi connectivity index (χ0) is 11.1. The van der Waals surface area contributed by atoms with Gasteiger partial charge in [0.05, 0.1) is 11.2 Å². The Balaban J connectivity index is 2.07. The molecule has 1 saturated carbocycles. The van der Waals surface area contributed by atoms with E-state index in [1.807, 2.05) is 0 Å². The predicted octanol–water partition coefficient (Wildman–Crippen LogP) is 2.45. The smallest absolute Gasteiger partial charge is 0.320 e. The Morgan fingerprint density at radius 1 is 1.53 bits per heavy atom. The van der Waals surface area contributed by atoms with Gasteiger partial charge in [0.1, 0.15) is 6.04 Å². The first kappa shape index (κ1) is 10.9. The Morgan fingerprint density at radius 3 is 2.73 bits per heavy atom. The number of thiazole rings is 1. The first-order valence-corrected chi connectivity index (χ1v) is 5.61. The first-order valence-electron chi connectivity index (χ1n) is 4.73. The standard InChI is InChI=1S/C9H11F3N2S/c10-9(11,12)7(13)3-6-8(5-1-2-5)14-4-15-6/h4-5,7H,1-3,13H2. The van der Waals surface area contributed by atoms with Crippen molar-refractivity contribution in [3.8, 4) is 0 Å². The summed E-state index contributed by atoms with van der Waals surface area (Å²) in [4.78, 5) is 4.81. The molecule has 2 N–H and O–H groups in total. The number of alkyl halides is 3. The normalized spacial score (nSPS) is 19.2. The molecule has 0 bridgehead atoms. The molecule has 1 aliphatic rings. The van der Waals surface area contributed by atoms with Gasteiger partial charge in [-0.3, -0.25) is 0 Å². The molecule has 1 unspecified atom stereocenters. The maximum atomic E-state index is 12.2. The molecule has 1 aromatic rings. The van der Waals surface area contributed by atoms with Gasteiger partial charge in [-0.25, -0.2) is 4.98 Å². The van der Waals surface area contributed by atoms with Crippen LogP contribution in [0.5, 0.6) is 0 Å². The van der Waals surface area contributed by atoms with Crippen molar-refractivity contribution in [3.05, 3.63) is 16.1 Å². The number of rotatable bonds is 3. The van der Waals surface area contributed by atoms with E-state index in [4.69, 9.17) is 5.73 Å². The highest BCUT2D eigenvalue weighted by Gasteiger charge is 2.38. The van der Waals surface area contributed by atoms with Crippen LogP contribution in [0.25, 0.3) is 0 Å². The Morgan fingerprint density at radius 2 is 2.20 bits per heavy atom. The van der Waals surface area contributed by atoms with Gasteiger partial charge < -0.3 is 5.73 Å². The largest absolute Gasteiger partial charge is 0.403 e. The van der Waals surface area contributed by atoms with Crippen molar-refractivity contribution >= 4 is 11.3 Å². The van der Waals surface area contributed by atoms with E-state index in [1.165, 1.54) is 11.3 Å². The summed E-state index contributed by atoms with van der Waals surface area (Å²) < 4.78 is 36.7. The minimum absolute atomic E-state index is 0.139. The van der Waals surface area contributed by atoms with Gasteiger partial charge in [-0.05, 0) is 12.8 Å². The minimum atomic E-state index is -4.31. The third-order valence-corrected chi connectivity index (χ3v) is 3.33. The van der Waals surface area contributed by atoms with Crippen LogP contribution in [0, 0.1) is 0 Å². The van der Waals surface area contributed by atoms with E-state index >= 15 is 0 Å². The monoisotopic (exact) mass is 236 g/mol. The third-order valence-electron chi connectivity index (χ3n) is 2.46. The zero-order valence-electron chi connectivity index (χ0n) is 7.92. The first-order chi connectivity index (χ1) is 6.98. The summed E-state index contributed by atoms with van der Waals surface area (Å²) in [5, 5.41) is 0. The van der Waals surface area contributed by atoms with Crippen LogP contribution in [0.4, 0.5) is 13.2 Å². The third kappa shape index (κ3) is 2.49. The van der Waals surface area contributed by atoms with Gasteiger partial charge in [0.2, 0.25) is 0 Å². The van der Waals surface area contributed by atoms with Gasteiger partial charge in [0, 0.05) is 17.2 Å². The highest BCUT2D eigenvalue weighted by Crippen LogP contribution is 2.42. The number of hydrogen-bond acceptors (Lipinski definition) is 3. The quantitative estimate of drug-likeness (QED) is 0.875. The average molecular weight is 236 g/mol. The lowest BCUT2D eigenvalue weighted by Gasteiger charge is -2.14. The topological polar surface area (TPSA) is 38.9 Å². The van der Waals surface area contributed by atoms with Gasteiger partial charge in [0.25, 0.3) is 0 Å². The van der Waals surface area contributed by atoms with Crippen LogP contribution in [0.3, 0.4) is 0 Å². The lowest BCUT2D eigenvalue weighted by molar-refractivity contribution is -0.147. The molecule has 0 amide bonds. The van der Waals surface area contributed by atoms with Gasteiger partial charge in [-0.2, -0.15) is 13.2 Å². The number of nitrogens with zero attached hydrogens (tertiary/aromatic N) is 1. The van der Waals surface area contributed by atoms with Crippen molar-refractivity contribution in [2.24, 2.45) is 5.73 Å². The molecule has 1 aromatic heterocycles. The Kier molecular flexibility index (Phi) is 2.72. The van der Waals surface area contributed by atoms with Gasteiger partial charge in [-0.15, -0.1) is 11.3 Å². The molecule has 2 nitrogen and oxygen atoms in total. The van der Waals surface area contributed by atoms with Crippen LogP contribution >= 0.6 is 11.3 Å². The van der Waals surface area contributed by atoms with E-state index in [2.05, 4.69) is 4.98 Å². The van der Waals surface area contributed by atoms with E-state index < -0.39 is 12.2 Å². The van der Waals surface area contributed by atoms with Crippen LogP contribution in [0.1, 0.15) is 29.3 Å². The Hall–Kier alpha value is -0.620. The lowest BCUT2D eigenvalue weighted by Crippen LogP contribution is -2.39. The summed E-state index contributed by atoms with van der Waals surface area (Å²) >= 11 is 1.27. The Labute approximate surface area is 89.3 Å². The van der Waals surface area contributed by atoms with Crippen LogP contribution in [-0.2, 0) is 6.42 Å². The molecule has 2 rings (SSSR count). The fourth-order valence-corrected chi connectivity index (χ4v) is 2.35. The molecular formula is C9H11F3N2S. The summed E-state index contributed by atoms with van der Waals surface area (Å²) in [6, 6.07) is -1.77. The van der Waals surface area contributed by atoms with E-state index in [9.17, 15) is 13.2 Å². The molecule has 6 heteroatoms. The maximum Gasteiger partial charge on any atom is 0.403 e. The summed E-state index contributed by atoms with van der Waals surface area (Å²) in [6.45, 7) is 0. The fraction of sp³-hybridized carbons (Fsp3) is 0.667. The lowest BCUT2D eigenvalue weighted by atomic mass is 10.1. The van der Waals surface area contributed by atoms with Crippen LogP contribution in [-0.4, -0.2) is 17.2 Å². The molecule has 0 aliphatic heterocycles. The van der Waals surface area contributed by atoms with Crippen molar-refractivity contribution in [1.29, 1.82) is 0 Å². The molecule has 1 fully saturated rings. The number of halogens is 3. The van der Waals surface area contributed by atoms with Crippen molar-refractivity contribution in [1.82, 2.24) is 4.98 Å². The molecule has 1 heterocycles. The van der Waals surface area contributed by atoms with Gasteiger partial charge in [0.15, 0.2) is 0 Å². The predicted molar refractivity (Wildman–Crippen MR) is 51.8 cm³/mol. The molecular weight excluding hydrogens is 225 g/mol. The van der Waals surface area contributed by atoms with Crippen LogP contribution < -0.4 is 5.73 Å². The van der Waals surface area contributed by atoms with E-state index in [1.54, 1.807) is 5.51 Å². The van der Waals surface area contributed by atoms with Crippen LogP contribution in [0.2, 0.25) is 0 Å². The second-order valence-electron chi connectivity index (χ2n) is 3.79. The van der Waals surface area contributed by atoms with E-state index in [0.717, 1.165) is 18.5 Å². The van der Waals surface area contributed by atoms with Crippen molar-refractivity contribution in [2.75, 3.05) is 0 Å². The molecule has 1 atom stereocenters. The van der Waals surface area contributed by atoms with Crippen molar-refractivity contribution in [2.45, 2.75) is 37.4 Å². The number of aromatic nitrogens is 1.